The van der Waals surface area contributed by atoms with Crippen LogP contribution in [0.25, 0.3) is 11.3 Å². The van der Waals surface area contributed by atoms with Crippen molar-refractivity contribution in [3.8, 4) is 17.1 Å². The Morgan fingerprint density at radius 3 is 2.58 bits per heavy atom. The van der Waals surface area contributed by atoms with Gasteiger partial charge in [0, 0.05) is 17.7 Å². The molecule has 1 aromatic heterocycles. The maximum atomic E-state index is 12.4. The summed E-state index contributed by atoms with van der Waals surface area (Å²) >= 11 is 6.11. The summed E-state index contributed by atoms with van der Waals surface area (Å²) in [5.41, 5.74) is 1.10. The summed E-state index contributed by atoms with van der Waals surface area (Å²) in [6.45, 7) is -2.92. The van der Waals surface area contributed by atoms with Crippen LogP contribution in [0.4, 0.5) is 8.78 Å². The molecule has 2 aromatic carbocycles. The number of hydrogen-bond donors (Lipinski definition) is 1. The molecule has 0 aliphatic carbocycles. The molecule has 1 N–H and O–H groups in total. The van der Waals surface area contributed by atoms with Crippen LogP contribution in [0.15, 0.2) is 65.1 Å². The molecule has 4 nitrogen and oxygen atoms in total. The molecule has 0 spiro atoms. The SMILES string of the molecule is O=C(NCc1ccccc1OC(F)F)c1ccc(-c2ccccc2Cl)o1. The van der Waals surface area contributed by atoms with E-state index in [1.54, 1.807) is 42.5 Å². The molecular weight excluding hydrogens is 364 g/mol. The van der Waals surface area contributed by atoms with E-state index in [1.807, 2.05) is 6.07 Å². The highest BCUT2D eigenvalue weighted by Crippen LogP contribution is 2.29. The molecule has 0 aliphatic rings. The van der Waals surface area contributed by atoms with Crippen LogP contribution >= 0.6 is 11.6 Å². The number of halogens is 3. The average Bonchev–Trinajstić information content (AvgIpc) is 3.10. The molecule has 7 heteroatoms. The van der Waals surface area contributed by atoms with E-state index in [9.17, 15) is 13.6 Å². The van der Waals surface area contributed by atoms with Crippen LogP contribution in [0.1, 0.15) is 16.1 Å². The second-order valence-corrected chi connectivity index (χ2v) is 5.72. The van der Waals surface area contributed by atoms with Crippen molar-refractivity contribution < 1.29 is 22.7 Å². The van der Waals surface area contributed by atoms with Crippen LogP contribution in [0.3, 0.4) is 0 Å². The number of carbonyl (C=O) groups is 1. The number of nitrogens with one attached hydrogen (secondary N) is 1. The molecule has 26 heavy (non-hydrogen) atoms. The van der Waals surface area contributed by atoms with Crippen LogP contribution in [-0.4, -0.2) is 12.5 Å². The molecule has 0 bridgehead atoms. The van der Waals surface area contributed by atoms with Crippen molar-refractivity contribution in [2.75, 3.05) is 0 Å². The summed E-state index contributed by atoms with van der Waals surface area (Å²) in [5.74, 6) is 0.0866. The van der Waals surface area contributed by atoms with Crippen molar-refractivity contribution in [2.24, 2.45) is 0 Å². The molecule has 134 valence electrons. The number of carbonyl (C=O) groups excluding carboxylic acids is 1. The first-order valence-electron chi connectivity index (χ1n) is 7.70. The van der Waals surface area contributed by atoms with Gasteiger partial charge in [0.1, 0.15) is 11.5 Å². The molecule has 0 saturated carbocycles. The fourth-order valence-corrected chi connectivity index (χ4v) is 2.62. The maximum Gasteiger partial charge on any atom is 0.387 e. The maximum absolute atomic E-state index is 12.4. The van der Waals surface area contributed by atoms with E-state index >= 15 is 0 Å². The Morgan fingerprint density at radius 2 is 1.81 bits per heavy atom. The van der Waals surface area contributed by atoms with E-state index < -0.39 is 12.5 Å². The van der Waals surface area contributed by atoms with Crippen molar-refractivity contribution in [3.63, 3.8) is 0 Å². The zero-order valence-corrected chi connectivity index (χ0v) is 14.2. The minimum atomic E-state index is -2.94. The lowest BCUT2D eigenvalue weighted by molar-refractivity contribution is -0.0504. The number of furan rings is 1. The summed E-state index contributed by atoms with van der Waals surface area (Å²) in [7, 11) is 0. The van der Waals surface area contributed by atoms with Crippen LogP contribution in [0, 0.1) is 0 Å². The van der Waals surface area contributed by atoms with Crippen molar-refractivity contribution in [3.05, 3.63) is 77.0 Å². The monoisotopic (exact) mass is 377 g/mol. The van der Waals surface area contributed by atoms with Gasteiger partial charge in [0.25, 0.3) is 5.91 Å². The minimum absolute atomic E-state index is 0.0130. The Labute approximate surface area is 153 Å². The fourth-order valence-electron chi connectivity index (χ4n) is 2.39. The lowest BCUT2D eigenvalue weighted by atomic mass is 10.2. The summed E-state index contributed by atoms with van der Waals surface area (Å²) < 4.78 is 34.8. The second kappa shape index (κ2) is 8.01. The third-order valence-corrected chi connectivity index (χ3v) is 3.93. The Kier molecular flexibility index (Phi) is 5.53. The van der Waals surface area contributed by atoms with E-state index in [-0.39, 0.29) is 18.1 Å². The standard InChI is InChI=1S/C19H14ClF2NO3/c20-14-7-3-2-6-13(14)16-9-10-17(25-16)18(24)23-11-12-5-1-4-8-15(12)26-19(21)22/h1-10,19H,11H2,(H,23,24). The minimum Gasteiger partial charge on any atom is -0.451 e. The number of amides is 1. The normalized spacial score (nSPS) is 10.8. The third-order valence-electron chi connectivity index (χ3n) is 3.60. The highest BCUT2D eigenvalue weighted by atomic mass is 35.5. The van der Waals surface area contributed by atoms with E-state index in [0.717, 1.165) is 0 Å². The van der Waals surface area contributed by atoms with Gasteiger partial charge in [-0.1, -0.05) is 41.9 Å². The molecule has 0 saturated heterocycles. The Morgan fingerprint density at radius 1 is 1.08 bits per heavy atom. The van der Waals surface area contributed by atoms with Gasteiger partial charge in [-0.3, -0.25) is 4.79 Å². The molecular formula is C19H14ClF2NO3. The first-order chi connectivity index (χ1) is 12.5. The lowest BCUT2D eigenvalue weighted by Gasteiger charge is -2.10. The van der Waals surface area contributed by atoms with Gasteiger partial charge < -0.3 is 14.5 Å². The Bertz CT molecular complexity index is 911. The van der Waals surface area contributed by atoms with Gasteiger partial charge in [-0.2, -0.15) is 8.78 Å². The molecule has 3 aromatic rings. The second-order valence-electron chi connectivity index (χ2n) is 5.31. The zero-order valence-electron chi connectivity index (χ0n) is 13.4. The first-order valence-corrected chi connectivity index (χ1v) is 8.08. The molecule has 1 heterocycles. The topological polar surface area (TPSA) is 51.5 Å². The summed E-state index contributed by atoms with van der Waals surface area (Å²) in [4.78, 5) is 12.3. The lowest BCUT2D eigenvalue weighted by Crippen LogP contribution is -2.22. The molecule has 0 unspecified atom stereocenters. The predicted octanol–water partition coefficient (Wildman–Crippen LogP) is 5.13. The number of para-hydroxylation sites is 1. The van der Waals surface area contributed by atoms with Crippen LogP contribution in [0.2, 0.25) is 5.02 Å². The van der Waals surface area contributed by atoms with Gasteiger partial charge in [0.05, 0.1) is 5.02 Å². The molecule has 0 atom stereocenters. The van der Waals surface area contributed by atoms with Crippen molar-refractivity contribution in [1.29, 1.82) is 0 Å². The van der Waals surface area contributed by atoms with Crippen molar-refractivity contribution >= 4 is 17.5 Å². The number of benzene rings is 2. The molecule has 3 rings (SSSR count). The molecule has 0 aliphatic heterocycles. The van der Waals surface area contributed by atoms with Gasteiger partial charge >= 0.3 is 6.61 Å². The predicted molar refractivity (Wildman–Crippen MR) is 93.4 cm³/mol. The third kappa shape index (κ3) is 4.21. The van der Waals surface area contributed by atoms with Gasteiger partial charge in [0.15, 0.2) is 5.76 Å². The molecule has 0 radical (unpaired) electrons. The van der Waals surface area contributed by atoms with Gasteiger partial charge in [-0.25, -0.2) is 0 Å². The van der Waals surface area contributed by atoms with Crippen molar-refractivity contribution in [2.45, 2.75) is 13.2 Å². The van der Waals surface area contributed by atoms with Crippen LogP contribution in [0.5, 0.6) is 5.75 Å². The molecule has 0 fully saturated rings. The van der Waals surface area contributed by atoms with Gasteiger partial charge in [0.2, 0.25) is 0 Å². The number of hydrogen-bond acceptors (Lipinski definition) is 3. The fraction of sp³-hybridized carbons (Fsp3) is 0.105. The van der Waals surface area contributed by atoms with Crippen molar-refractivity contribution in [1.82, 2.24) is 5.32 Å². The highest BCUT2D eigenvalue weighted by molar-refractivity contribution is 6.33. The quantitative estimate of drug-likeness (QED) is 0.647. The summed E-state index contributed by atoms with van der Waals surface area (Å²) in [6.07, 6.45) is 0. The zero-order chi connectivity index (χ0) is 18.5. The van der Waals surface area contributed by atoms with E-state index in [4.69, 9.17) is 16.0 Å². The van der Waals surface area contributed by atoms with Crippen LogP contribution in [-0.2, 0) is 6.54 Å². The first kappa shape index (κ1) is 17.9. The van der Waals surface area contributed by atoms with E-state index in [1.165, 1.54) is 12.1 Å². The van der Waals surface area contributed by atoms with E-state index in [2.05, 4.69) is 10.1 Å². The Balaban J connectivity index is 1.69. The number of ether oxygens (including phenoxy) is 1. The van der Waals surface area contributed by atoms with Gasteiger partial charge in [-0.15, -0.1) is 0 Å². The smallest absolute Gasteiger partial charge is 0.387 e. The largest absolute Gasteiger partial charge is 0.451 e. The number of alkyl halides is 2. The average molecular weight is 378 g/mol. The summed E-state index contributed by atoms with van der Waals surface area (Å²) in [5, 5.41) is 3.12. The summed E-state index contributed by atoms with van der Waals surface area (Å²) in [6, 6.07) is 16.5. The Hall–Kier alpha value is -2.86. The highest BCUT2D eigenvalue weighted by Gasteiger charge is 2.15. The molecule has 1 amide bonds. The van der Waals surface area contributed by atoms with E-state index in [0.29, 0.717) is 21.9 Å². The number of rotatable bonds is 6. The van der Waals surface area contributed by atoms with Crippen LogP contribution < -0.4 is 10.1 Å². The van der Waals surface area contributed by atoms with Gasteiger partial charge in [-0.05, 0) is 30.3 Å².